The SMILES string of the molecule is c1ccc(-c2ccc(-c3ccc(N(c4ccc(-c5ccccc5)cc4)c4ccc(-c5ccccc5)cc4)c4c3oc3cc5ccccc5cc34)cc2)cc1. The predicted octanol–water partition coefficient (Wildman–Crippen LogP) is 14.9. The Bertz CT molecular complexity index is 2790. The lowest BCUT2D eigenvalue weighted by Gasteiger charge is -2.27. The highest BCUT2D eigenvalue weighted by atomic mass is 16.3. The molecule has 0 fully saturated rings. The molecule has 0 radical (unpaired) electrons. The van der Waals surface area contributed by atoms with Gasteiger partial charge >= 0.3 is 0 Å². The van der Waals surface area contributed by atoms with Crippen molar-refractivity contribution in [1.82, 2.24) is 0 Å². The van der Waals surface area contributed by atoms with Crippen LogP contribution in [0.3, 0.4) is 0 Å². The molecule has 10 aromatic rings. The Morgan fingerprint density at radius 3 is 1.24 bits per heavy atom. The van der Waals surface area contributed by atoms with Crippen molar-refractivity contribution in [3.8, 4) is 44.5 Å². The molecule has 254 valence electrons. The minimum Gasteiger partial charge on any atom is -0.455 e. The predicted molar refractivity (Wildman–Crippen MR) is 228 cm³/mol. The highest BCUT2D eigenvalue weighted by molar-refractivity contribution is 6.19. The second-order valence-electron chi connectivity index (χ2n) is 13.7. The molecule has 9 aromatic carbocycles. The fourth-order valence-electron chi connectivity index (χ4n) is 7.73. The van der Waals surface area contributed by atoms with E-state index < -0.39 is 0 Å². The molecule has 10 rings (SSSR count). The number of furan rings is 1. The Labute approximate surface area is 314 Å². The van der Waals surface area contributed by atoms with E-state index in [0.29, 0.717) is 0 Å². The molecule has 0 saturated carbocycles. The van der Waals surface area contributed by atoms with E-state index in [9.17, 15) is 0 Å². The highest BCUT2D eigenvalue weighted by Gasteiger charge is 2.23. The first-order valence-electron chi connectivity index (χ1n) is 18.4. The summed E-state index contributed by atoms with van der Waals surface area (Å²) in [6, 6.07) is 75.7. The van der Waals surface area contributed by atoms with Gasteiger partial charge in [-0.3, -0.25) is 0 Å². The largest absolute Gasteiger partial charge is 0.455 e. The van der Waals surface area contributed by atoms with Gasteiger partial charge in [-0.05, 0) is 98.2 Å². The van der Waals surface area contributed by atoms with E-state index >= 15 is 0 Å². The zero-order chi connectivity index (χ0) is 35.8. The molecule has 0 atom stereocenters. The molecule has 1 aromatic heterocycles. The van der Waals surface area contributed by atoms with Gasteiger partial charge in [0.15, 0.2) is 0 Å². The summed E-state index contributed by atoms with van der Waals surface area (Å²) in [6.45, 7) is 0. The quantitative estimate of drug-likeness (QED) is 0.166. The van der Waals surface area contributed by atoms with Crippen LogP contribution >= 0.6 is 0 Å². The van der Waals surface area contributed by atoms with Crippen LogP contribution in [0.15, 0.2) is 217 Å². The number of hydrogen-bond acceptors (Lipinski definition) is 2. The van der Waals surface area contributed by atoms with Gasteiger partial charge in [0.1, 0.15) is 11.2 Å². The summed E-state index contributed by atoms with van der Waals surface area (Å²) in [5.41, 5.74) is 14.3. The second-order valence-corrected chi connectivity index (χ2v) is 13.7. The molecule has 0 saturated heterocycles. The summed E-state index contributed by atoms with van der Waals surface area (Å²) in [7, 11) is 0. The first-order chi connectivity index (χ1) is 26.8. The highest BCUT2D eigenvalue weighted by Crippen LogP contribution is 2.47. The van der Waals surface area contributed by atoms with E-state index in [1.807, 2.05) is 0 Å². The second kappa shape index (κ2) is 13.4. The van der Waals surface area contributed by atoms with E-state index in [4.69, 9.17) is 4.42 Å². The Morgan fingerprint density at radius 1 is 0.333 bits per heavy atom. The molecule has 2 heteroatoms. The van der Waals surface area contributed by atoms with E-state index in [-0.39, 0.29) is 0 Å². The standard InChI is InChI=1S/C52H35NO/c1-4-12-36(13-5-1)39-20-22-42(23-21-39)47-32-33-49(51-48-34-43-18-10-11-19-44(43)35-50(48)54-52(47)51)53(45-28-24-40(25-29-45)37-14-6-2-7-15-37)46-30-26-41(27-31-46)38-16-8-3-9-17-38/h1-35H. The molecule has 0 N–H and O–H groups in total. The molecule has 0 aliphatic heterocycles. The van der Waals surface area contributed by atoms with E-state index in [1.54, 1.807) is 0 Å². The van der Waals surface area contributed by atoms with Gasteiger partial charge in [-0.1, -0.05) is 164 Å². The Hall–Kier alpha value is -7.16. The molecule has 54 heavy (non-hydrogen) atoms. The van der Waals surface area contributed by atoms with Gasteiger partial charge in [0.2, 0.25) is 0 Å². The maximum atomic E-state index is 6.95. The Kier molecular flexibility index (Phi) is 7.85. The molecule has 1 heterocycles. The molecule has 0 aliphatic carbocycles. The van der Waals surface area contributed by atoms with Gasteiger partial charge in [-0.2, -0.15) is 0 Å². The lowest BCUT2D eigenvalue weighted by molar-refractivity contribution is 0.670. The van der Waals surface area contributed by atoms with Gasteiger partial charge in [-0.25, -0.2) is 0 Å². The molecule has 0 spiro atoms. The van der Waals surface area contributed by atoms with Crippen LogP contribution < -0.4 is 4.90 Å². The zero-order valence-corrected chi connectivity index (χ0v) is 29.6. The van der Waals surface area contributed by atoms with Crippen LogP contribution in [-0.2, 0) is 0 Å². The molecule has 0 amide bonds. The van der Waals surface area contributed by atoms with Crippen molar-refractivity contribution in [1.29, 1.82) is 0 Å². The van der Waals surface area contributed by atoms with Crippen molar-refractivity contribution in [3.05, 3.63) is 212 Å². The molecule has 2 nitrogen and oxygen atoms in total. The minimum absolute atomic E-state index is 0.872. The first-order valence-corrected chi connectivity index (χ1v) is 18.4. The lowest BCUT2D eigenvalue weighted by atomic mass is 9.97. The van der Waals surface area contributed by atoms with Crippen molar-refractivity contribution >= 4 is 49.8 Å². The maximum absolute atomic E-state index is 6.95. The topological polar surface area (TPSA) is 16.4 Å². The van der Waals surface area contributed by atoms with Crippen molar-refractivity contribution in [2.45, 2.75) is 0 Å². The number of rotatable bonds is 7. The van der Waals surface area contributed by atoms with Gasteiger partial charge in [-0.15, -0.1) is 0 Å². The fourth-order valence-corrected chi connectivity index (χ4v) is 7.73. The number of anilines is 3. The van der Waals surface area contributed by atoms with Gasteiger partial charge < -0.3 is 9.32 Å². The molecule has 0 bridgehead atoms. The Balaban J connectivity index is 1.19. The number of hydrogen-bond donors (Lipinski definition) is 0. The maximum Gasteiger partial charge on any atom is 0.145 e. The molecular formula is C52H35NO. The van der Waals surface area contributed by atoms with Crippen LogP contribution in [-0.4, -0.2) is 0 Å². The van der Waals surface area contributed by atoms with Crippen molar-refractivity contribution < 1.29 is 4.42 Å². The van der Waals surface area contributed by atoms with Gasteiger partial charge in [0.25, 0.3) is 0 Å². The smallest absolute Gasteiger partial charge is 0.145 e. The van der Waals surface area contributed by atoms with Crippen LogP contribution in [0.5, 0.6) is 0 Å². The number of fused-ring (bicyclic) bond motifs is 4. The summed E-state index contributed by atoms with van der Waals surface area (Å²) in [4.78, 5) is 2.37. The van der Waals surface area contributed by atoms with Crippen LogP contribution in [0, 0.1) is 0 Å². The average molecular weight is 690 g/mol. The zero-order valence-electron chi connectivity index (χ0n) is 29.6. The van der Waals surface area contributed by atoms with Crippen molar-refractivity contribution in [2.75, 3.05) is 4.90 Å². The average Bonchev–Trinajstić information content (AvgIpc) is 3.63. The molecule has 0 aliphatic rings. The summed E-state index contributed by atoms with van der Waals surface area (Å²) >= 11 is 0. The first kappa shape index (κ1) is 31.6. The fraction of sp³-hybridized carbons (Fsp3) is 0. The van der Waals surface area contributed by atoms with Crippen LogP contribution in [0.4, 0.5) is 17.1 Å². The molecule has 0 unspecified atom stereocenters. The third-order valence-electron chi connectivity index (χ3n) is 10.5. The van der Waals surface area contributed by atoms with Crippen molar-refractivity contribution in [2.24, 2.45) is 0 Å². The molecular weight excluding hydrogens is 655 g/mol. The van der Waals surface area contributed by atoms with Crippen LogP contribution in [0.2, 0.25) is 0 Å². The summed E-state index contributed by atoms with van der Waals surface area (Å²) in [6.07, 6.45) is 0. The van der Waals surface area contributed by atoms with E-state index in [0.717, 1.165) is 55.5 Å². The summed E-state index contributed by atoms with van der Waals surface area (Å²) < 4.78 is 6.95. The Morgan fingerprint density at radius 2 is 0.741 bits per heavy atom. The summed E-state index contributed by atoms with van der Waals surface area (Å²) in [5.74, 6) is 0. The van der Waals surface area contributed by atoms with Gasteiger partial charge in [0.05, 0.1) is 11.1 Å². The van der Waals surface area contributed by atoms with Crippen molar-refractivity contribution in [3.63, 3.8) is 0 Å². The summed E-state index contributed by atoms with van der Waals surface area (Å²) in [5, 5.41) is 4.51. The van der Waals surface area contributed by atoms with E-state index in [2.05, 4.69) is 217 Å². The third kappa shape index (κ3) is 5.71. The number of nitrogens with zero attached hydrogens (tertiary/aromatic N) is 1. The van der Waals surface area contributed by atoms with Gasteiger partial charge in [0, 0.05) is 22.3 Å². The third-order valence-corrected chi connectivity index (χ3v) is 10.5. The van der Waals surface area contributed by atoms with Crippen LogP contribution in [0.25, 0.3) is 77.2 Å². The number of benzene rings is 9. The van der Waals surface area contributed by atoms with Crippen LogP contribution in [0.1, 0.15) is 0 Å². The lowest BCUT2D eigenvalue weighted by Crippen LogP contribution is -2.10. The van der Waals surface area contributed by atoms with E-state index in [1.165, 1.54) is 38.8 Å². The monoisotopic (exact) mass is 689 g/mol. The minimum atomic E-state index is 0.872. The normalized spacial score (nSPS) is 11.3.